The van der Waals surface area contributed by atoms with Gasteiger partial charge in [-0.15, -0.1) is 0 Å². The van der Waals surface area contributed by atoms with Gasteiger partial charge in [-0.05, 0) is 30.3 Å². The first-order valence-corrected chi connectivity index (χ1v) is 8.13. The SMILES string of the molecule is COc1ccc(C(=O)Nc2ccccc2N2CCOCC2)cc1Cl. The van der Waals surface area contributed by atoms with Gasteiger partial charge in [0.15, 0.2) is 0 Å². The molecule has 0 bridgehead atoms. The number of hydrogen-bond donors (Lipinski definition) is 1. The summed E-state index contributed by atoms with van der Waals surface area (Å²) in [6, 6.07) is 12.7. The van der Waals surface area contributed by atoms with Crippen LogP contribution in [0.25, 0.3) is 0 Å². The van der Waals surface area contributed by atoms with Gasteiger partial charge < -0.3 is 19.7 Å². The van der Waals surface area contributed by atoms with Crippen LogP contribution in [0.3, 0.4) is 0 Å². The molecule has 24 heavy (non-hydrogen) atoms. The molecule has 0 spiro atoms. The normalized spacial score (nSPS) is 14.3. The molecule has 6 heteroatoms. The number of nitrogens with zero attached hydrogens (tertiary/aromatic N) is 1. The molecule has 5 nitrogen and oxygen atoms in total. The maximum atomic E-state index is 12.5. The summed E-state index contributed by atoms with van der Waals surface area (Å²) in [7, 11) is 1.54. The molecule has 1 amide bonds. The van der Waals surface area contributed by atoms with Crippen molar-refractivity contribution in [3.05, 3.63) is 53.1 Å². The van der Waals surface area contributed by atoms with Crippen LogP contribution in [0.2, 0.25) is 5.02 Å². The van der Waals surface area contributed by atoms with Gasteiger partial charge in [-0.1, -0.05) is 23.7 Å². The minimum atomic E-state index is -0.208. The van der Waals surface area contributed by atoms with Gasteiger partial charge in [0, 0.05) is 18.7 Å². The second kappa shape index (κ2) is 7.55. The molecular weight excluding hydrogens is 328 g/mol. The van der Waals surface area contributed by atoms with Crippen LogP contribution in [-0.4, -0.2) is 39.3 Å². The van der Waals surface area contributed by atoms with E-state index in [4.69, 9.17) is 21.1 Å². The van der Waals surface area contributed by atoms with Gasteiger partial charge in [-0.2, -0.15) is 0 Å². The Balaban J connectivity index is 1.80. The summed E-state index contributed by atoms with van der Waals surface area (Å²) in [6.07, 6.45) is 0. The molecule has 0 unspecified atom stereocenters. The minimum Gasteiger partial charge on any atom is -0.495 e. The van der Waals surface area contributed by atoms with E-state index >= 15 is 0 Å². The lowest BCUT2D eigenvalue weighted by Crippen LogP contribution is -2.36. The Hall–Kier alpha value is -2.24. The van der Waals surface area contributed by atoms with E-state index < -0.39 is 0 Å². The van der Waals surface area contributed by atoms with E-state index in [1.54, 1.807) is 25.3 Å². The predicted molar refractivity (Wildman–Crippen MR) is 95.4 cm³/mol. The second-order valence-electron chi connectivity index (χ2n) is 5.42. The lowest BCUT2D eigenvalue weighted by atomic mass is 10.1. The zero-order valence-electron chi connectivity index (χ0n) is 13.4. The van der Waals surface area contributed by atoms with E-state index in [-0.39, 0.29) is 5.91 Å². The van der Waals surface area contributed by atoms with Crippen LogP contribution in [0.5, 0.6) is 5.75 Å². The summed E-state index contributed by atoms with van der Waals surface area (Å²) in [6.45, 7) is 3.00. The van der Waals surface area contributed by atoms with Crippen LogP contribution < -0.4 is 15.0 Å². The average Bonchev–Trinajstić information content (AvgIpc) is 2.63. The van der Waals surface area contributed by atoms with Crippen LogP contribution in [0.1, 0.15) is 10.4 Å². The molecule has 0 radical (unpaired) electrons. The summed E-state index contributed by atoms with van der Waals surface area (Å²) < 4.78 is 10.5. The number of carbonyl (C=O) groups is 1. The molecule has 1 fully saturated rings. The molecule has 1 aliphatic rings. The van der Waals surface area contributed by atoms with Crippen molar-refractivity contribution in [2.24, 2.45) is 0 Å². The molecule has 1 heterocycles. The number of benzene rings is 2. The van der Waals surface area contributed by atoms with Gasteiger partial charge in [0.2, 0.25) is 0 Å². The second-order valence-corrected chi connectivity index (χ2v) is 5.83. The van der Waals surface area contributed by atoms with Gasteiger partial charge in [-0.3, -0.25) is 4.79 Å². The van der Waals surface area contributed by atoms with Crippen molar-refractivity contribution in [2.75, 3.05) is 43.6 Å². The van der Waals surface area contributed by atoms with Crippen molar-refractivity contribution in [1.82, 2.24) is 0 Å². The van der Waals surface area contributed by atoms with Gasteiger partial charge in [0.05, 0.1) is 36.7 Å². The first-order valence-electron chi connectivity index (χ1n) is 7.75. The zero-order chi connectivity index (χ0) is 16.9. The monoisotopic (exact) mass is 346 g/mol. The highest BCUT2D eigenvalue weighted by Crippen LogP contribution is 2.28. The third kappa shape index (κ3) is 3.63. The Morgan fingerprint density at radius 3 is 2.67 bits per heavy atom. The first-order chi connectivity index (χ1) is 11.7. The maximum absolute atomic E-state index is 12.5. The molecule has 126 valence electrons. The Labute approximate surface area is 146 Å². The Kier molecular flexibility index (Phi) is 5.23. The average molecular weight is 347 g/mol. The number of amides is 1. The molecule has 0 atom stereocenters. The summed E-state index contributed by atoms with van der Waals surface area (Å²) in [4.78, 5) is 14.8. The van der Waals surface area contributed by atoms with E-state index in [1.807, 2.05) is 24.3 Å². The molecule has 1 saturated heterocycles. The number of halogens is 1. The molecule has 0 aliphatic carbocycles. The zero-order valence-corrected chi connectivity index (χ0v) is 14.2. The fourth-order valence-electron chi connectivity index (χ4n) is 2.66. The van der Waals surface area contributed by atoms with Crippen molar-refractivity contribution < 1.29 is 14.3 Å². The summed E-state index contributed by atoms with van der Waals surface area (Å²) in [5.74, 6) is 0.335. The Bertz CT molecular complexity index is 730. The number of rotatable bonds is 4. The number of nitrogens with one attached hydrogen (secondary N) is 1. The number of anilines is 2. The van der Waals surface area contributed by atoms with Gasteiger partial charge in [0.1, 0.15) is 5.75 Å². The lowest BCUT2D eigenvalue weighted by Gasteiger charge is -2.30. The van der Waals surface area contributed by atoms with Gasteiger partial charge in [0.25, 0.3) is 5.91 Å². The molecule has 3 rings (SSSR count). The highest BCUT2D eigenvalue weighted by Gasteiger charge is 2.16. The highest BCUT2D eigenvalue weighted by molar-refractivity contribution is 6.32. The predicted octanol–water partition coefficient (Wildman–Crippen LogP) is 3.44. The number of ether oxygens (including phenoxy) is 2. The number of carbonyl (C=O) groups excluding carboxylic acids is 1. The van der Waals surface area contributed by atoms with Crippen molar-refractivity contribution in [3.63, 3.8) is 0 Å². The number of para-hydroxylation sites is 2. The standard InChI is InChI=1S/C18H19ClN2O3/c1-23-17-7-6-13(12-14(17)19)18(22)20-15-4-2-3-5-16(15)21-8-10-24-11-9-21/h2-7,12H,8-11H2,1H3,(H,20,22). The van der Waals surface area contributed by atoms with Crippen molar-refractivity contribution in [3.8, 4) is 5.75 Å². The van der Waals surface area contributed by atoms with Gasteiger partial charge >= 0.3 is 0 Å². The van der Waals surface area contributed by atoms with E-state index in [1.165, 1.54) is 0 Å². The fraction of sp³-hybridized carbons (Fsp3) is 0.278. The van der Waals surface area contributed by atoms with Crippen LogP contribution in [-0.2, 0) is 4.74 Å². The van der Waals surface area contributed by atoms with Crippen LogP contribution >= 0.6 is 11.6 Å². The smallest absolute Gasteiger partial charge is 0.255 e. The molecule has 1 aliphatic heterocycles. The molecule has 0 aromatic heterocycles. The van der Waals surface area contributed by atoms with E-state index in [9.17, 15) is 4.79 Å². The highest BCUT2D eigenvalue weighted by atomic mass is 35.5. The molecule has 0 saturated carbocycles. The molecule has 1 N–H and O–H groups in total. The van der Waals surface area contributed by atoms with Crippen molar-refractivity contribution >= 4 is 28.9 Å². The molecule has 2 aromatic carbocycles. The van der Waals surface area contributed by atoms with Crippen LogP contribution in [0.4, 0.5) is 11.4 Å². The van der Waals surface area contributed by atoms with E-state index in [2.05, 4.69) is 10.2 Å². The van der Waals surface area contributed by atoms with E-state index in [0.717, 1.165) is 24.5 Å². The van der Waals surface area contributed by atoms with Crippen LogP contribution in [0, 0.1) is 0 Å². The third-order valence-electron chi connectivity index (χ3n) is 3.92. The fourth-order valence-corrected chi connectivity index (χ4v) is 2.92. The largest absolute Gasteiger partial charge is 0.495 e. The number of hydrogen-bond acceptors (Lipinski definition) is 4. The first kappa shape index (κ1) is 16.6. The lowest BCUT2D eigenvalue weighted by molar-refractivity contribution is 0.102. The maximum Gasteiger partial charge on any atom is 0.255 e. The van der Waals surface area contributed by atoms with Crippen LogP contribution in [0.15, 0.2) is 42.5 Å². The Morgan fingerprint density at radius 2 is 1.96 bits per heavy atom. The quantitative estimate of drug-likeness (QED) is 0.921. The minimum absolute atomic E-state index is 0.208. The molecular formula is C18H19ClN2O3. The Morgan fingerprint density at radius 1 is 1.21 bits per heavy atom. The summed E-state index contributed by atoms with van der Waals surface area (Å²) in [5.41, 5.74) is 2.25. The van der Waals surface area contributed by atoms with Crippen molar-refractivity contribution in [1.29, 1.82) is 0 Å². The summed E-state index contributed by atoms with van der Waals surface area (Å²) in [5, 5.41) is 3.38. The molecule has 2 aromatic rings. The van der Waals surface area contributed by atoms with E-state index in [0.29, 0.717) is 29.5 Å². The third-order valence-corrected chi connectivity index (χ3v) is 4.21. The van der Waals surface area contributed by atoms with Crippen molar-refractivity contribution in [2.45, 2.75) is 0 Å². The summed E-state index contributed by atoms with van der Waals surface area (Å²) >= 11 is 6.10. The topological polar surface area (TPSA) is 50.8 Å². The number of morpholine rings is 1. The number of methoxy groups -OCH3 is 1. The van der Waals surface area contributed by atoms with Gasteiger partial charge in [-0.25, -0.2) is 0 Å².